The number of hydrogen-bond acceptors (Lipinski definition) is 6. The molecule has 2 heterocycles. The van der Waals surface area contributed by atoms with E-state index >= 15 is 0 Å². The number of nitrogens with one attached hydrogen (secondary N) is 2. The summed E-state index contributed by atoms with van der Waals surface area (Å²) in [5, 5.41) is 19.0. The number of rotatable bonds is 6. The first-order valence-electron chi connectivity index (χ1n) is 7.31. The Morgan fingerprint density at radius 1 is 1.36 bits per heavy atom. The molecule has 0 bridgehead atoms. The lowest BCUT2D eigenvalue weighted by atomic mass is 10.1. The molecule has 2 N–H and O–H groups in total. The van der Waals surface area contributed by atoms with Crippen LogP contribution in [-0.4, -0.2) is 27.4 Å². The lowest BCUT2D eigenvalue weighted by molar-refractivity contribution is 0.249. The van der Waals surface area contributed by atoms with Crippen LogP contribution in [0.5, 0.6) is 0 Å². The average molecular weight is 323 g/mol. The van der Waals surface area contributed by atoms with Gasteiger partial charge in [0.25, 0.3) is 0 Å². The zero-order chi connectivity index (χ0) is 16.1. The molecule has 0 aliphatic heterocycles. The van der Waals surface area contributed by atoms with Crippen LogP contribution in [0.15, 0.2) is 4.52 Å². The molecule has 0 aromatic carbocycles. The largest absolute Gasteiger partial charge is 0.361 e. The molecule has 2 aromatic rings. The number of amides is 2. The van der Waals surface area contributed by atoms with Crippen molar-refractivity contribution in [1.29, 1.82) is 0 Å². The molecule has 0 fully saturated rings. The molecule has 0 aliphatic rings. The highest BCUT2D eigenvalue weighted by Crippen LogP contribution is 2.17. The van der Waals surface area contributed by atoms with Crippen molar-refractivity contribution in [1.82, 2.24) is 20.7 Å². The van der Waals surface area contributed by atoms with E-state index in [4.69, 9.17) is 4.52 Å². The molecule has 2 rings (SSSR count). The second-order valence-corrected chi connectivity index (χ2v) is 6.32. The van der Waals surface area contributed by atoms with Gasteiger partial charge in [-0.15, -0.1) is 10.2 Å². The van der Waals surface area contributed by atoms with Crippen LogP contribution in [0.3, 0.4) is 0 Å². The van der Waals surface area contributed by atoms with E-state index in [0.717, 1.165) is 34.9 Å². The van der Waals surface area contributed by atoms with Gasteiger partial charge in [-0.3, -0.25) is 5.32 Å². The smallest absolute Gasteiger partial charge is 0.321 e. The summed E-state index contributed by atoms with van der Waals surface area (Å²) in [5.41, 5.74) is 1.90. The number of nitrogens with zero attached hydrogens (tertiary/aromatic N) is 3. The first-order valence-corrected chi connectivity index (χ1v) is 8.12. The van der Waals surface area contributed by atoms with Gasteiger partial charge < -0.3 is 9.84 Å². The van der Waals surface area contributed by atoms with Crippen molar-refractivity contribution in [3.63, 3.8) is 0 Å². The summed E-state index contributed by atoms with van der Waals surface area (Å²) in [5.74, 6) is 0.792. The van der Waals surface area contributed by atoms with E-state index in [1.807, 2.05) is 20.8 Å². The van der Waals surface area contributed by atoms with Crippen LogP contribution in [0.2, 0.25) is 0 Å². The van der Waals surface area contributed by atoms with Crippen molar-refractivity contribution in [2.75, 3.05) is 5.32 Å². The Morgan fingerprint density at radius 3 is 2.77 bits per heavy atom. The maximum absolute atomic E-state index is 12.0. The van der Waals surface area contributed by atoms with E-state index in [1.54, 1.807) is 0 Å². The number of hydrogen-bond donors (Lipinski definition) is 2. The topological polar surface area (TPSA) is 92.9 Å². The van der Waals surface area contributed by atoms with Gasteiger partial charge in [0.15, 0.2) is 0 Å². The normalized spacial score (nSPS) is 12.2. The van der Waals surface area contributed by atoms with Crippen LogP contribution in [0.4, 0.5) is 9.93 Å². The molecule has 0 saturated carbocycles. The maximum Gasteiger partial charge on any atom is 0.321 e. The first-order chi connectivity index (χ1) is 10.5. The van der Waals surface area contributed by atoms with Gasteiger partial charge in [-0.25, -0.2) is 4.79 Å². The average Bonchev–Trinajstić information content (AvgIpc) is 3.00. The Bertz CT molecular complexity index is 617. The summed E-state index contributed by atoms with van der Waals surface area (Å²) in [6.07, 6.45) is 2.56. The van der Waals surface area contributed by atoms with Gasteiger partial charge in [0.1, 0.15) is 10.8 Å². The van der Waals surface area contributed by atoms with Gasteiger partial charge in [-0.05, 0) is 33.6 Å². The maximum atomic E-state index is 12.0. The highest BCUT2D eigenvalue weighted by atomic mass is 32.1. The minimum absolute atomic E-state index is 0.0418. The van der Waals surface area contributed by atoms with Gasteiger partial charge in [0.05, 0.1) is 5.69 Å². The molecular weight excluding hydrogens is 302 g/mol. The standard InChI is InChI=1S/C14H21N5O2S/c1-5-6-12-17-18-14(22-12)16-13(20)15-8(2)7-11-9(3)19-21-10(11)4/h8H,5-7H2,1-4H3,(H2,15,16,18,20)/t8-/m1/s1. The van der Waals surface area contributed by atoms with Crippen LogP contribution >= 0.6 is 11.3 Å². The van der Waals surface area contributed by atoms with Gasteiger partial charge in [-0.2, -0.15) is 0 Å². The van der Waals surface area contributed by atoms with Gasteiger partial charge in [0.2, 0.25) is 5.13 Å². The Kier molecular flexibility index (Phi) is 5.48. The van der Waals surface area contributed by atoms with Crippen molar-refractivity contribution >= 4 is 22.5 Å². The van der Waals surface area contributed by atoms with Gasteiger partial charge in [0, 0.05) is 18.0 Å². The Balaban J connectivity index is 1.85. The molecule has 0 radical (unpaired) electrons. The SMILES string of the molecule is CCCc1nnc(NC(=O)N[C@H](C)Cc2c(C)noc2C)s1. The number of aromatic nitrogens is 3. The molecule has 0 aliphatic carbocycles. The van der Waals surface area contributed by atoms with Crippen molar-refractivity contribution in [2.24, 2.45) is 0 Å². The quantitative estimate of drug-likeness (QED) is 0.852. The lowest BCUT2D eigenvalue weighted by Gasteiger charge is -2.13. The highest BCUT2D eigenvalue weighted by molar-refractivity contribution is 7.15. The number of anilines is 1. The van der Waals surface area contributed by atoms with E-state index in [2.05, 4.69) is 32.9 Å². The number of aryl methyl sites for hydroxylation is 3. The van der Waals surface area contributed by atoms with Gasteiger partial charge >= 0.3 is 6.03 Å². The second-order valence-electron chi connectivity index (χ2n) is 5.26. The van der Waals surface area contributed by atoms with Gasteiger partial charge in [-0.1, -0.05) is 23.4 Å². The Morgan fingerprint density at radius 2 is 2.14 bits per heavy atom. The molecule has 1 atom stereocenters. The van der Waals surface area contributed by atoms with Crippen LogP contribution in [0.1, 0.15) is 42.3 Å². The molecule has 8 heteroatoms. The summed E-state index contributed by atoms with van der Waals surface area (Å²) in [6.45, 7) is 7.79. The summed E-state index contributed by atoms with van der Waals surface area (Å²) in [6, 6.07) is -0.321. The predicted octanol–water partition coefficient (Wildman–Crippen LogP) is 2.85. The summed E-state index contributed by atoms with van der Waals surface area (Å²) >= 11 is 1.40. The van der Waals surface area contributed by atoms with Crippen molar-refractivity contribution in [3.05, 3.63) is 22.0 Å². The van der Waals surface area contributed by atoms with E-state index in [1.165, 1.54) is 11.3 Å². The fraction of sp³-hybridized carbons (Fsp3) is 0.571. The van der Waals surface area contributed by atoms with Crippen LogP contribution in [0, 0.1) is 13.8 Å². The highest BCUT2D eigenvalue weighted by Gasteiger charge is 2.15. The molecule has 0 saturated heterocycles. The molecule has 0 unspecified atom stereocenters. The molecule has 22 heavy (non-hydrogen) atoms. The van der Waals surface area contributed by atoms with E-state index in [0.29, 0.717) is 11.6 Å². The zero-order valence-electron chi connectivity index (χ0n) is 13.3. The number of carbonyl (C=O) groups is 1. The van der Waals surface area contributed by atoms with Crippen LogP contribution in [-0.2, 0) is 12.8 Å². The van der Waals surface area contributed by atoms with E-state index < -0.39 is 0 Å². The summed E-state index contributed by atoms with van der Waals surface area (Å²) < 4.78 is 5.13. The Hall–Kier alpha value is -1.96. The fourth-order valence-electron chi connectivity index (χ4n) is 2.13. The molecule has 120 valence electrons. The molecular formula is C14H21N5O2S. The molecule has 2 aromatic heterocycles. The molecule has 2 amide bonds. The molecule has 0 spiro atoms. The van der Waals surface area contributed by atoms with Crippen molar-refractivity contribution in [3.8, 4) is 0 Å². The minimum atomic E-state index is -0.279. The molecule has 7 nitrogen and oxygen atoms in total. The van der Waals surface area contributed by atoms with Crippen molar-refractivity contribution < 1.29 is 9.32 Å². The summed E-state index contributed by atoms with van der Waals surface area (Å²) in [7, 11) is 0. The van der Waals surface area contributed by atoms with Crippen molar-refractivity contribution in [2.45, 2.75) is 53.0 Å². The zero-order valence-corrected chi connectivity index (χ0v) is 14.1. The predicted molar refractivity (Wildman–Crippen MR) is 85.2 cm³/mol. The Labute approximate surface area is 133 Å². The monoisotopic (exact) mass is 323 g/mol. The third-order valence-corrected chi connectivity index (χ3v) is 4.12. The third kappa shape index (κ3) is 4.27. The first kappa shape index (κ1) is 16.4. The summed E-state index contributed by atoms with van der Waals surface area (Å²) in [4.78, 5) is 12.0. The van der Waals surface area contributed by atoms with E-state index in [9.17, 15) is 4.79 Å². The van der Waals surface area contributed by atoms with E-state index in [-0.39, 0.29) is 12.1 Å². The van der Waals surface area contributed by atoms with Crippen LogP contribution in [0.25, 0.3) is 0 Å². The fourth-order valence-corrected chi connectivity index (χ4v) is 2.96. The number of urea groups is 1. The van der Waals surface area contributed by atoms with Crippen LogP contribution < -0.4 is 10.6 Å². The minimum Gasteiger partial charge on any atom is -0.361 e. The third-order valence-electron chi connectivity index (χ3n) is 3.22. The second kappa shape index (κ2) is 7.35. The lowest BCUT2D eigenvalue weighted by Crippen LogP contribution is -2.37. The number of carbonyl (C=O) groups excluding carboxylic acids is 1.